The third kappa shape index (κ3) is 28.0. The van der Waals surface area contributed by atoms with Crippen molar-refractivity contribution >= 4 is 5.97 Å². The summed E-state index contributed by atoms with van der Waals surface area (Å²) in [6.45, 7) is 11.5. The van der Waals surface area contributed by atoms with Crippen molar-refractivity contribution in [3.63, 3.8) is 0 Å². The molecule has 1 atom stereocenters. The van der Waals surface area contributed by atoms with E-state index in [1.165, 1.54) is 154 Å². The first kappa shape index (κ1) is 35.5. The molecule has 0 aliphatic heterocycles. The number of unbranched alkanes of at least 4 members (excludes halogenated alkanes) is 20. The SMILES string of the molecule is CCCCCCCCCCCCCCC(CCCCCCCCCCCC)CC(=O)OCC(C)(C)C. The van der Waals surface area contributed by atoms with Crippen molar-refractivity contribution in [3.8, 4) is 0 Å². The van der Waals surface area contributed by atoms with Crippen LogP contribution < -0.4 is 0 Å². The number of ether oxygens (including phenoxy) is 1. The van der Waals surface area contributed by atoms with Gasteiger partial charge in [-0.25, -0.2) is 0 Å². The minimum absolute atomic E-state index is 0.0286. The molecular weight excluding hydrogens is 440 g/mol. The van der Waals surface area contributed by atoms with E-state index in [1.54, 1.807) is 0 Å². The zero-order valence-electron chi connectivity index (χ0n) is 25.8. The van der Waals surface area contributed by atoms with Gasteiger partial charge in [0.1, 0.15) is 0 Å². The first-order valence-electron chi connectivity index (χ1n) is 16.5. The molecule has 0 aromatic carbocycles. The first-order valence-corrected chi connectivity index (χ1v) is 16.5. The van der Waals surface area contributed by atoms with E-state index in [0.29, 0.717) is 18.9 Å². The molecule has 0 aliphatic rings. The van der Waals surface area contributed by atoms with Crippen LogP contribution >= 0.6 is 0 Å². The van der Waals surface area contributed by atoms with Crippen LogP contribution in [-0.2, 0) is 9.53 Å². The fourth-order valence-electron chi connectivity index (χ4n) is 5.13. The van der Waals surface area contributed by atoms with Crippen molar-refractivity contribution in [1.29, 1.82) is 0 Å². The van der Waals surface area contributed by atoms with Crippen LogP contribution in [0, 0.1) is 11.3 Å². The monoisotopic (exact) mass is 509 g/mol. The molecule has 2 heteroatoms. The normalized spacial score (nSPS) is 12.7. The van der Waals surface area contributed by atoms with E-state index < -0.39 is 0 Å². The molecular formula is C34H68O2. The van der Waals surface area contributed by atoms with E-state index in [-0.39, 0.29) is 11.4 Å². The summed E-state index contributed by atoms with van der Waals surface area (Å²) in [6.07, 6.45) is 33.5. The lowest BCUT2D eigenvalue weighted by Gasteiger charge is -2.20. The lowest BCUT2D eigenvalue weighted by molar-refractivity contribution is -0.147. The third-order valence-electron chi connectivity index (χ3n) is 7.55. The van der Waals surface area contributed by atoms with Crippen molar-refractivity contribution in [3.05, 3.63) is 0 Å². The van der Waals surface area contributed by atoms with Gasteiger partial charge in [0.25, 0.3) is 0 Å². The molecule has 216 valence electrons. The Bertz CT molecular complexity index is 451. The standard InChI is InChI=1S/C34H68O2/c1-6-8-10-12-14-16-18-19-21-23-25-27-29-32(30-33(35)36-31-34(3,4)5)28-26-24-22-20-17-15-13-11-9-7-2/h32H,6-31H2,1-5H3. The maximum absolute atomic E-state index is 12.5. The highest BCUT2D eigenvalue weighted by atomic mass is 16.5. The fraction of sp³-hybridized carbons (Fsp3) is 0.971. The van der Waals surface area contributed by atoms with Crippen LogP contribution in [0.1, 0.15) is 195 Å². The number of hydrogen-bond acceptors (Lipinski definition) is 2. The average molecular weight is 509 g/mol. The van der Waals surface area contributed by atoms with Crippen molar-refractivity contribution in [2.75, 3.05) is 6.61 Å². The number of carbonyl (C=O) groups is 1. The van der Waals surface area contributed by atoms with Crippen LogP contribution in [-0.4, -0.2) is 12.6 Å². The van der Waals surface area contributed by atoms with Crippen molar-refractivity contribution < 1.29 is 9.53 Å². The molecule has 1 unspecified atom stereocenters. The van der Waals surface area contributed by atoms with Crippen molar-refractivity contribution in [1.82, 2.24) is 0 Å². The Hall–Kier alpha value is -0.530. The van der Waals surface area contributed by atoms with Gasteiger partial charge < -0.3 is 4.74 Å². The second-order valence-electron chi connectivity index (χ2n) is 12.9. The molecule has 0 fully saturated rings. The number of rotatable bonds is 27. The van der Waals surface area contributed by atoms with Gasteiger partial charge in [-0.3, -0.25) is 4.79 Å². The zero-order chi connectivity index (χ0) is 26.7. The number of carbonyl (C=O) groups excluding carboxylic acids is 1. The maximum Gasteiger partial charge on any atom is 0.306 e. The summed E-state index contributed by atoms with van der Waals surface area (Å²) in [6, 6.07) is 0. The molecule has 0 radical (unpaired) electrons. The summed E-state index contributed by atoms with van der Waals surface area (Å²) >= 11 is 0. The highest BCUT2D eigenvalue weighted by Gasteiger charge is 2.18. The lowest BCUT2D eigenvalue weighted by atomic mass is 9.91. The van der Waals surface area contributed by atoms with E-state index >= 15 is 0 Å². The van der Waals surface area contributed by atoms with E-state index in [2.05, 4.69) is 34.6 Å². The molecule has 2 nitrogen and oxygen atoms in total. The molecule has 0 bridgehead atoms. The second-order valence-corrected chi connectivity index (χ2v) is 12.9. The topological polar surface area (TPSA) is 26.3 Å². The summed E-state index contributed by atoms with van der Waals surface area (Å²) in [5, 5.41) is 0. The molecule has 0 spiro atoms. The molecule has 0 rings (SSSR count). The van der Waals surface area contributed by atoms with E-state index in [4.69, 9.17) is 4.74 Å². The molecule has 0 aliphatic carbocycles. The van der Waals surface area contributed by atoms with Gasteiger partial charge in [0.05, 0.1) is 6.61 Å². The fourth-order valence-corrected chi connectivity index (χ4v) is 5.13. The van der Waals surface area contributed by atoms with Gasteiger partial charge in [0.2, 0.25) is 0 Å². The first-order chi connectivity index (χ1) is 17.4. The van der Waals surface area contributed by atoms with Gasteiger partial charge in [-0.2, -0.15) is 0 Å². The smallest absolute Gasteiger partial charge is 0.306 e. The van der Waals surface area contributed by atoms with Gasteiger partial charge in [0.15, 0.2) is 0 Å². The van der Waals surface area contributed by atoms with Crippen LogP contribution in [0.3, 0.4) is 0 Å². The van der Waals surface area contributed by atoms with Gasteiger partial charge in [0, 0.05) is 6.42 Å². The molecule has 0 amide bonds. The maximum atomic E-state index is 12.5. The Balaban J connectivity index is 3.99. The van der Waals surface area contributed by atoms with E-state index in [1.807, 2.05) is 0 Å². The molecule has 0 saturated heterocycles. The average Bonchev–Trinajstić information content (AvgIpc) is 2.84. The van der Waals surface area contributed by atoms with Crippen LogP contribution in [0.15, 0.2) is 0 Å². The van der Waals surface area contributed by atoms with Gasteiger partial charge in [-0.15, -0.1) is 0 Å². The Morgan fingerprint density at radius 1 is 0.528 bits per heavy atom. The second kappa shape index (κ2) is 26.1. The van der Waals surface area contributed by atoms with Crippen LogP contribution in [0.5, 0.6) is 0 Å². The van der Waals surface area contributed by atoms with Crippen molar-refractivity contribution in [2.45, 2.75) is 195 Å². The van der Waals surface area contributed by atoms with Crippen LogP contribution in [0.4, 0.5) is 0 Å². The molecule has 0 aromatic heterocycles. The van der Waals surface area contributed by atoms with E-state index in [9.17, 15) is 4.79 Å². The van der Waals surface area contributed by atoms with Gasteiger partial charge in [-0.1, -0.05) is 176 Å². The van der Waals surface area contributed by atoms with Gasteiger partial charge >= 0.3 is 5.97 Å². The van der Waals surface area contributed by atoms with Crippen molar-refractivity contribution in [2.24, 2.45) is 11.3 Å². The number of hydrogen-bond donors (Lipinski definition) is 0. The van der Waals surface area contributed by atoms with E-state index in [0.717, 1.165) is 0 Å². The summed E-state index contributed by atoms with van der Waals surface area (Å²) in [5.74, 6) is 0.551. The lowest BCUT2D eigenvalue weighted by Crippen LogP contribution is -2.20. The zero-order valence-corrected chi connectivity index (χ0v) is 25.8. The molecule has 0 aromatic rings. The summed E-state index contributed by atoms with van der Waals surface area (Å²) in [7, 11) is 0. The van der Waals surface area contributed by atoms with Crippen LogP contribution in [0.2, 0.25) is 0 Å². The Morgan fingerprint density at radius 3 is 1.14 bits per heavy atom. The van der Waals surface area contributed by atoms with Crippen LogP contribution in [0.25, 0.3) is 0 Å². The third-order valence-corrected chi connectivity index (χ3v) is 7.55. The Labute approximate surface area is 228 Å². The summed E-state index contributed by atoms with van der Waals surface area (Å²) < 4.78 is 5.61. The highest BCUT2D eigenvalue weighted by molar-refractivity contribution is 5.69. The summed E-state index contributed by atoms with van der Waals surface area (Å²) in [5.41, 5.74) is 0.0528. The molecule has 0 N–H and O–H groups in total. The minimum atomic E-state index is 0.0286. The minimum Gasteiger partial charge on any atom is -0.465 e. The Kier molecular flexibility index (Phi) is 25.7. The predicted octanol–water partition coefficient (Wildman–Crippen LogP) is 12.0. The number of esters is 1. The highest BCUT2D eigenvalue weighted by Crippen LogP contribution is 2.24. The quantitative estimate of drug-likeness (QED) is 0.0814. The molecule has 0 heterocycles. The molecule has 0 saturated carbocycles. The molecule has 36 heavy (non-hydrogen) atoms. The Morgan fingerprint density at radius 2 is 0.833 bits per heavy atom. The van der Waals surface area contributed by atoms with Gasteiger partial charge in [-0.05, 0) is 24.2 Å². The predicted molar refractivity (Wildman–Crippen MR) is 161 cm³/mol. The summed E-state index contributed by atoms with van der Waals surface area (Å²) in [4.78, 5) is 12.5. The largest absolute Gasteiger partial charge is 0.465 e.